The average Bonchev–Trinajstić information content (AvgIpc) is 2.93. The van der Waals surface area contributed by atoms with Crippen LogP contribution in [0.1, 0.15) is 38.8 Å². The number of hydrogen-bond donors (Lipinski definition) is 2. The molecule has 1 saturated heterocycles. The number of hydrogen-bond acceptors (Lipinski definition) is 5. The lowest BCUT2D eigenvalue weighted by molar-refractivity contribution is -0.140. The van der Waals surface area contributed by atoms with E-state index in [0.29, 0.717) is 31.7 Å². The normalized spacial score (nSPS) is 23.3. The zero-order valence-corrected chi connectivity index (χ0v) is 12.0. The molecule has 0 aromatic carbocycles. The van der Waals surface area contributed by atoms with Gasteiger partial charge in [0.05, 0.1) is 31.9 Å². The first-order valence-corrected chi connectivity index (χ1v) is 6.99. The van der Waals surface area contributed by atoms with Gasteiger partial charge in [0, 0.05) is 6.54 Å². The quantitative estimate of drug-likeness (QED) is 0.817. The van der Waals surface area contributed by atoms with Gasteiger partial charge < -0.3 is 14.7 Å². The van der Waals surface area contributed by atoms with Crippen molar-refractivity contribution in [3.8, 4) is 0 Å². The molecule has 2 heterocycles. The van der Waals surface area contributed by atoms with Gasteiger partial charge in [-0.25, -0.2) is 0 Å². The molecule has 0 radical (unpaired) electrons. The predicted molar refractivity (Wildman–Crippen MR) is 71.8 cm³/mol. The molecule has 1 atom stereocenters. The molecule has 2 N–H and O–H groups in total. The number of likely N-dealkylation sites (tertiary alicyclic amines) is 1. The summed E-state index contributed by atoms with van der Waals surface area (Å²) < 4.78 is 5.39. The first kappa shape index (κ1) is 14.9. The number of nitrogens with zero attached hydrogens (tertiary/aromatic N) is 3. The summed E-state index contributed by atoms with van der Waals surface area (Å²) in [6.45, 7) is 5.22. The molecule has 20 heavy (non-hydrogen) atoms. The van der Waals surface area contributed by atoms with Gasteiger partial charge in [0.1, 0.15) is 11.3 Å². The second kappa shape index (κ2) is 6.32. The Morgan fingerprint density at radius 1 is 1.65 bits per heavy atom. The van der Waals surface area contributed by atoms with Crippen molar-refractivity contribution in [3.63, 3.8) is 0 Å². The summed E-state index contributed by atoms with van der Waals surface area (Å²) in [6.07, 6.45) is 3.31. The van der Waals surface area contributed by atoms with E-state index in [0.717, 1.165) is 6.42 Å². The molecule has 0 bridgehead atoms. The van der Waals surface area contributed by atoms with E-state index in [-0.39, 0.29) is 18.6 Å². The third-order valence-electron chi connectivity index (χ3n) is 3.48. The Kier molecular flexibility index (Phi) is 4.72. The number of carbonyl (C=O) groups is 1. The van der Waals surface area contributed by atoms with Crippen LogP contribution in [0.15, 0.2) is 6.20 Å². The predicted octanol–water partition coefficient (Wildman–Crippen LogP) is 0.430. The Morgan fingerprint density at radius 2 is 2.45 bits per heavy atom. The van der Waals surface area contributed by atoms with Gasteiger partial charge in [-0.15, -0.1) is 0 Å². The van der Waals surface area contributed by atoms with Crippen LogP contribution in [-0.2, 0) is 15.1 Å². The van der Waals surface area contributed by atoms with Crippen LogP contribution in [0.25, 0.3) is 0 Å². The number of nitrogens with one attached hydrogen (secondary N) is 1. The number of aliphatic hydroxyl groups is 1. The summed E-state index contributed by atoms with van der Waals surface area (Å²) >= 11 is 0. The fraction of sp³-hybridized carbons (Fsp3) is 0.769. The van der Waals surface area contributed by atoms with Crippen molar-refractivity contribution in [3.05, 3.63) is 11.9 Å². The molecule has 7 nitrogen and oxygen atoms in total. The molecular weight excluding hydrogens is 260 g/mol. The van der Waals surface area contributed by atoms with Crippen LogP contribution >= 0.6 is 0 Å². The fourth-order valence-electron chi connectivity index (χ4n) is 2.42. The van der Waals surface area contributed by atoms with Crippen LogP contribution in [0.3, 0.4) is 0 Å². The van der Waals surface area contributed by atoms with Crippen LogP contribution in [0.5, 0.6) is 0 Å². The third kappa shape index (κ3) is 3.55. The highest BCUT2D eigenvalue weighted by atomic mass is 16.5. The van der Waals surface area contributed by atoms with Crippen molar-refractivity contribution in [1.82, 2.24) is 20.3 Å². The molecule has 0 saturated carbocycles. The van der Waals surface area contributed by atoms with Crippen molar-refractivity contribution in [2.24, 2.45) is 0 Å². The van der Waals surface area contributed by atoms with Gasteiger partial charge in [0.2, 0.25) is 5.91 Å². The van der Waals surface area contributed by atoms with Gasteiger partial charge in [0.25, 0.3) is 0 Å². The van der Waals surface area contributed by atoms with Crippen molar-refractivity contribution in [2.75, 3.05) is 19.7 Å². The van der Waals surface area contributed by atoms with E-state index in [9.17, 15) is 9.90 Å². The summed E-state index contributed by atoms with van der Waals surface area (Å²) in [4.78, 5) is 13.8. The fourth-order valence-corrected chi connectivity index (χ4v) is 2.42. The molecular formula is C13H22N4O3. The molecule has 1 aromatic heterocycles. The minimum Gasteiger partial charge on any atom is -0.382 e. The molecule has 2 rings (SSSR count). The molecule has 0 aliphatic carbocycles. The maximum absolute atomic E-state index is 12.1. The summed E-state index contributed by atoms with van der Waals surface area (Å²) in [5, 5.41) is 20.8. The van der Waals surface area contributed by atoms with Gasteiger partial charge >= 0.3 is 0 Å². The molecule has 1 amide bonds. The van der Waals surface area contributed by atoms with E-state index in [1.54, 1.807) is 4.90 Å². The van der Waals surface area contributed by atoms with E-state index >= 15 is 0 Å². The number of amides is 1. The number of carbonyl (C=O) groups excluding carboxylic acids is 1. The van der Waals surface area contributed by atoms with Crippen molar-refractivity contribution >= 4 is 5.91 Å². The molecule has 1 aliphatic rings. The van der Waals surface area contributed by atoms with E-state index < -0.39 is 5.60 Å². The Labute approximate surface area is 118 Å². The number of piperidine rings is 1. The number of aromatic nitrogens is 3. The standard InChI is InChI=1S/C13H22N4O3/c1-10(2)20-7-4-12(18)17-6-3-5-13(19,9-17)11-8-14-16-15-11/h8,10,19H,3-7,9H2,1-2H3,(H,14,15,16)/t13-/m0/s1. The third-order valence-corrected chi connectivity index (χ3v) is 3.48. The highest BCUT2D eigenvalue weighted by Crippen LogP contribution is 2.29. The molecule has 1 fully saturated rings. The lowest BCUT2D eigenvalue weighted by Gasteiger charge is -2.38. The number of aromatic amines is 1. The van der Waals surface area contributed by atoms with Crippen LogP contribution in [0, 0.1) is 0 Å². The summed E-state index contributed by atoms with van der Waals surface area (Å²) in [6, 6.07) is 0. The Balaban J connectivity index is 1.91. The Bertz CT molecular complexity index is 435. The lowest BCUT2D eigenvalue weighted by Crippen LogP contribution is -2.49. The van der Waals surface area contributed by atoms with E-state index in [2.05, 4.69) is 15.4 Å². The SMILES string of the molecule is CC(C)OCCC(=O)N1CCC[C@@](O)(c2cn[nH]n2)C1. The number of β-amino-alcohol motifs (C(OH)–C–C–N with tert-alkyl or cyclic N) is 1. The molecule has 7 heteroatoms. The van der Waals surface area contributed by atoms with Gasteiger partial charge in [0.15, 0.2) is 0 Å². The van der Waals surface area contributed by atoms with Crippen LogP contribution in [-0.4, -0.2) is 57.1 Å². The highest BCUT2D eigenvalue weighted by molar-refractivity contribution is 5.76. The Hall–Kier alpha value is -1.47. The maximum atomic E-state index is 12.1. The van der Waals surface area contributed by atoms with Crippen LogP contribution < -0.4 is 0 Å². The largest absolute Gasteiger partial charge is 0.382 e. The zero-order valence-electron chi connectivity index (χ0n) is 12.0. The minimum absolute atomic E-state index is 0.00673. The first-order valence-electron chi connectivity index (χ1n) is 6.99. The van der Waals surface area contributed by atoms with Crippen LogP contribution in [0.2, 0.25) is 0 Å². The monoisotopic (exact) mass is 282 g/mol. The maximum Gasteiger partial charge on any atom is 0.225 e. The summed E-state index contributed by atoms with van der Waals surface area (Å²) in [5.74, 6) is 0.00673. The van der Waals surface area contributed by atoms with E-state index in [4.69, 9.17) is 4.74 Å². The van der Waals surface area contributed by atoms with Gasteiger partial charge in [-0.1, -0.05) is 0 Å². The summed E-state index contributed by atoms with van der Waals surface area (Å²) in [5.41, 5.74) is -0.603. The zero-order chi connectivity index (χ0) is 14.6. The van der Waals surface area contributed by atoms with E-state index in [1.165, 1.54) is 6.20 Å². The summed E-state index contributed by atoms with van der Waals surface area (Å²) in [7, 11) is 0. The Morgan fingerprint density at radius 3 is 3.10 bits per heavy atom. The molecule has 0 spiro atoms. The van der Waals surface area contributed by atoms with Gasteiger partial charge in [-0.3, -0.25) is 4.79 Å². The second-order valence-corrected chi connectivity index (χ2v) is 5.48. The topological polar surface area (TPSA) is 91.3 Å². The second-order valence-electron chi connectivity index (χ2n) is 5.48. The van der Waals surface area contributed by atoms with Crippen molar-refractivity contribution in [1.29, 1.82) is 0 Å². The number of H-pyrrole nitrogens is 1. The molecule has 1 aromatic rings. The first-order chi connectivity index (χ1) is 9.51. The minimum atomic E-state index is -1.10. The highest BCUT2D eigenvalue weighted by Gasteiger charge is 2.38. The van der Waals surface area contributed by atoms with Gasteiger partial charge in [-0.05, 0) is 26.7 Å². The van der Waals surface area contributed by atoms with Crippen molar-refractivity contribution in [2.45, 2.75) is 44.8 Å². The molecule has 112 valence electrons. The van der Waals surface area contributed by atoms with Crippen LogP contribution in [0.4, 0.5) is 0 Å². The smallest absolute Gasteiger partial charge is 0.225 e. The molecule has 1 aliphatic heterocycles. The van der Waals surface area contributed by atoms with E-state index in [1.807, 2.05) is 13.8 Å². The lowest BCUT2D eigenvalue weighted by atomic mass is 9.90. The average molecular weight is 282 g/mol. The van der Waals surface area contributed by atoms with Gasteiger partial charge in [-0.2, -0.15) is 15.4 Å². The van der Waals surface area contributed by atoms with Crippen molar-refractivity contribution < 1.29 is 14.6 Å². The number of ether oxygens (including phenoxy) is 1. The molecule has 0 unspecified atom stereocenters. The number of rotatable bonds is 5.